The molecule has 0 bridgehead atoms. The fraction of sp³-hybridized carbons (Fsp3) is 0.294. The van der Waals surface area contributed by atoms with Gasteiger partial charge in [0, 0.05) is 17.6 Å². The molecule has 0 aromatic heterocycles. The van der Waals surface area contributed by atoms with Crippen LogP contribution in [0.25, 0.3) is 0 Å². The van der Waals surface area contributed by atoms with Crippen molar-refractivity contribution in [2.45, 2.75) is 19.0 Å². The van der Waals surface area contributed by atoms with E-state index in [1.54, 1.807) is 0 Å². The predicted octanol–water partition coefficient (Wildman–Crippen LogP) is 3.76. The van der Waals surface area contributed by atoms with Gasteiger partial charge in [-0.3, -0.25) is 4.90 Å². The van der Waals surface area contributed by atoms with Gasteiger partial charge in [-0.05, 0) is 31.2 Å². The van der Waals surface area contributed by atoms with Crippen LogP contribution >= 0.6 is 15.9 Å². The maximum atomic E-state index is 6.48. The van der Waals surface area contributed by atoms with Crippen LogP contribution in [0.3, 0.4) is 0 Å². The topological polar surface area (TPSA) is 29.3 Å². The summed E-state index contributed by atoms with van der Waals surface area (Å²) in [5, 5.41) is 0. The third-order valence-corrected chi connectivity index (χ3v) is 4.20. The van der Waals surface area contributed by atoms with E-state index in [1.165, 1.54) is 11.1 Å². The van der Waals surface area contributed by atoms with Crippen LogP contribution in [-0.2, 0) is 12.1 Å². The number of halogens is 1. The molecule has 20 heavy (non-hydrogen) atoms. The fourth-order valence-corrected chi connectivity index (χ4v) is 2.85. The Balaban J connectivity index is 2.04. The SMILES string of the molecule is CN(Cc1ccccc1Br)CC(C)(N)c1ccccc1. The van der Waals surface area contributed by atoms with Gasteiger partial charge in [0.15, 0.2) is 0 Å². The van der Waals surface area contributed by atoms with Gasteiger partial charge in [0.2, 0.25) is 0 Å². The van der Waals surface area contributed by atoms with E-state index < -0.39 is 0 Å². The van der Waals surface area contributed by atoms with E-state index in [4.69, 9.17) is 5.73 Å². The highest BCUT2D eigenvalue weighted by Gasteiger charge is 2.23. The summed E-state index contributed by atoms with van der Waals surface area (Å²) in [6, 6.07) is 18.6. The van der Waals surface area contributed by atoms with Gasteiger partial charge >= 0.3 is 0 Å². The molecule has 2 rings (SSSR count). The fourth-order valence-electron chi connectivity index (χ4n) is 2.44. The molecule has 106 valence electrons. The standard InChI is InChI=1S/C17H21BrN2/c1-17(19,15-9-4-3-5-10-15)13-20(2)12-14-8-6-7-11-16(14)18/h3-11H,12-13,19H2,1-2H3. The quantitative estimate of drug-likeness (QED) is 0.903. The molecular formula is C17H21BrN2. The lowest BCUT2D eigenvalue weighted by Crippen LogP contribution is -2.43. The van der Waals surface area contributed by atoms with E-state index in [0.717, 1.165) is 17.6 Å². The second kappa shape index (κ2) is 6.53. The van der Waals surface area contributed by atoms with E-state index in [9.17, 15) is 0 Å². The van der Waals surface area contributed by atoms with Gasteiger partial charge < -0.3 is 5.73 Å². The van der Waals surface area contributed by atoms with E-state index >= 15 is 0 Å². The molecule has 0 aliphatic rings. The zero-order valence-corrected chi connectivity index (χ0v) is 13.6. The van der Waals surface area contributed by atoms with Crippen molar-refractivity contribution in [2.75, 3.05) is 13.6 Å². The maximum absolute atomic E-state index is 6.48. The Kier molecular flexibility index (Phi) is 4.97. The highest BCUT2D eigenvalue weighted by Crippen LogP contribution is 2.21. The third kappa shape index (κ3) is 3.92. The van der Waals surface area contributed by atoms with E-state index in [-0.39, 0.29) is 5.54 Å². The van der Waals surface area contributed by atoms with Crippen molar-refractivity contribution in [3.05, 3.63) is 70.2 Å². The van der Waals surface area contributed by atoms with Crippen molar-refractivity contribution in [1.29, 1.82) is 0 Å². The normalized spacial score (nSPS) is 14.2. The molecule has 0 amide bonds. The minimum atomic E-state index is -0.350. The van der Waals surface area contributed by atoms with Crippen molar-refractivity contribution in [3.63, 3.8) is 0 Å². The second-order valence-corrected chi connectivity index (χ2v) is 6.40. The smallest absolute Gasteiger partial charge is 0.0509 e. The summed E-state index contributed by atoms with van der Waals surface area (Å²) in [5.41, 5.74) is 8.57. The molecule has 2 nitrogen and oxygen atoms in total. The summed E-state index contributed by atoms with van der Waals surface area (Å²) in [6.45, 7) is 3.76. The molecule has 1 unspecified atom stereocenters. The van der Waals surface area contributed by atoms with Gasteiger partial charge in [-0.25, -0.2) is 0 Å². The van der Waals surface area contributed by atoms with E-state index in [2.05, 4.69) is 65.1 Å². The summed E-state index contributed by atoms with van der Waals surface area (Å²) in [7, 11) is 2.10. The number of likely N-dealkylation sites (N-methyl/N-ethyl adjacent to an activating group) is 1. The third-order valence-electron chi connectivity index (χ3n) is 3.43. The van der Waals surface area contributed by atoms with Gasteiger partial charge in [-0.2, -0.15) is 0 Å². The molecular weight excluding hydrogens is 312 g/mol. The lowest BCUT2D eigenvalue weighted by molar-refractivity contribution is 0.252. The van der Waals surface area contributed by atoms with Gasteiger partial charge in [0.1, 0.15) is 0 Å². The highest BCUT2D eigenvalue weighted by molar-refractivity contribution is 9.10. The van der Waals surface area contributed by atoms with Gasteiger partial charge in [0.05, 0.1) is 5.54 Å². The minimum Gasteiger partial charge on any atom is -0.321 e. The van der Waals surface area contributed by atoms with Gasteiger partial charge in [-0.1, -0.05) is 64.5 Å². The molecule has 0 radical (unpaired) electrons. The number of rotatable bonds is 5. The van der Waals surface area contributed by atoms with Crippen molar-refractivity contribution in [3.8, 4) is 0 Å². The molecule has 0 saturated heterocycles. The zero-order valence-electron chi connectivity index (χ0n) is 12.0. The van der Waals surface area contributed by atoms with Crippen molar-refractivity contribution in [2.24, 2.45) is 5.73 Å². The first-order valence-corrected chi connectivity index (χ1v) is 7.55. The average molecular weight is 333 g/mol. The minimum absolute atomic E-state index is 0.350. The first-order valence-electron chi connectivity index (χ1n) is 6.75. The lowest BCUT2D eigenvalue weighted by atomic mass is 9.92. The van der Waals surface area contributed by atoms with E-state index in [0.29, 0.717) is 0 Å². The van der Waals surface area contributed by atoms with Crippen LogP contribution in [0.15, 0.2) is 59.1 Å². The Labute approximate surface area is 129 Å². The summed E-state index contributed by atoms with van der Waals surface area (Å²) in [5.74, 6) is 0. The Morgan fingerprint density at radius 3 is 2.30 bits per heavy atom. The highest BCUT2D eigenvalue weighted by atomic mass is 79.9. The largest absolute Gasteiger partial charge is 0.321 e. The molecule has 0 aliphatic carbocycles. The first-order chi connectivity index (χ1) is 9.49. The first kappa shape index (κ1) is 15.2. The van der Waals surface area contributed by atoms with Crippen molar-refractivity contribution in [1.82, 2.24) is 4.90 Å². The van der Waals surface area contributed by atoms with Crippen molar-refractivity contribution >= 4 is 15.9 Å². The van der Waals surface area contributed by atoms with Crippen molar-refractivity contribution < 1.29 is 0 Å². The van der Waals surface area contributed by atoms with Gasteiger partial charge in [0.25, 0.3) is 0 Å². The Hall–Kier alpha value is -1.16. The molecule has 2 aromatic rings. The van der Waals surface area contributed by atoms with Gasteiger partial charge in [-0.15, -0.1) is 0 Å². The average Bonchev–Trinajstić information content (AvgIpc) is 2.42. The molecule has 2 aromatic carbocycles. The van der Waals surface area contributed by atoms with Crippen LogP contribution < -0.4 is 5.73 Å². The zero-order chi connectivity index (χ0) is 14.6. The Morgan fingerprint density at radius 2 is 1.65 bits per heavy atom. The van der Waals surface area contributed by atoms with Crippen LogP contribution in [0.2, 0.25) is 0 Å². The summed E-state index contributed by atoms with van der Waals surface area (Å²) >= 11 is 3.59. The predicted molar refractivity (Wildman–Crippen MR) is 88.5 cm³/mol. The molecule has 3 heteroatoms. The summed E-state index contributed by atoms with van der Waals surface area (Å²) < 4.78 is 1.14. The molecule has 0 heterocycles. The second-order valence-electron chi connectivity index (χ2n) is 5.55. The number of nitrogens with zero attached hydrogens (tertiary/aromatic N) is 1. The number of benzene rings is 2. The Morgan fingerprint density at radius 1 is 1.05 bits per heavy atom. The molecule has 0 saturated carbocycles. The molecule has 0 spiro atoms. The molecule has 1 atom stereocenters. The van der Waals surface area contributed by atoms with Crippen LogP contribution in [0.5, 0.6) is 0 Å². The molecule has 0 fully saturated rings. The summed E-state index contributed by atoms with van der Waals surface area (Å²) in [4.78, 5) is 2.26. The molecule has 0 aliphatic heterocycles. The van der Waals surface area contributed by atoms with Crippen LogP contribution in [0.1, 0.15) is 18.1 Å². The van der Waals surface area contributed by atoms with Crippen LogP contribution in [-0.4, -0.2) is 18.5 Å². The summed E-state index contributed by atoms with van der Waals surface area (Å²) in [6.07, 6.45) is 0. The van der Waals surface area contributed by atoms with Crippen LogP contribution in [0, 0.1) is 0 Å². The van der Waals surface area contributed by atoms with E-state index in [1.807, 2.05) is 24.3 Å². The lowest BCUT2D eigenvalue weighted by Gasteiger charge is -2.31. The molecule has 2 N–H and O–H groups in total. The number of nitrogens with two attached hydrogens (primary N) is 1. The maximum Gasteiger partial charge on any atom is 0.0509 e. The van der Waals surface area contributed by atoms with Crippen LogP contribution in [0.4, 0.5) is 0 Å². The number of hydrogen-bond donors (Lipinski definition) is 1. The number of hydrogen-bond acceptors (Lipinski definition) is 2. The monoisotopic (exact) mass is 332 g/mol. The Bertz CT molecular complexity index is 552.